The first-order chi connectivity index (χ1) is 13.1. The fourth-order valence-corrected chi connectivity index (χ4v) is 2.80. The number of halogens is 1. The smallest absolute Gasteiger partial charge is 0.253 e. The Labute approximate surface area is 172 Å². The zero-order valence-electron chi connectivity index (χ0n) is 16.1. The number of nitrogens with two attached hydrogens (primary N) is 1. The molecule has 5 heteroatoms. The van der Waals surface area contributed by atoms with Gasteiger partial charge in [-0.15, -0.1) is 12.4 Å². The van der Waals surface area contributed by atoms with Gasteiger partial charge in [0, 0.05) is 26.2 Å². The van der Waals surface area contributed by atoms with Crippen LogP contribution in [0.4, 0.5) is 0 Å². The summed E-state index contributed by atoms with van der Waals surface area (Å²) in [5, 5.41) is 0. The summed E-state index contributed by atoms with van der Waals surface area (Å²) in [6.07, 6.45) is 0. The molecule has 28 heavy (non-hydrogen) atoms. The summed E-state index contributed by atoms with van der Waals surface area (Å²) in [6.45, 7) is 0.955. The number of nitrogens with zero attached hydrogens (tertiary/aromatic N) is 1. The second-order valence-electron chi connectivity index (χ2n) is 6.62. The van der Waals surface area contributed by atoms with Crippen LogP contribution < -0.4 is 10.5 Å². The van der Waals surface area contributed by atoms with Gasteiger partial charge in [0.2, 0.25) is 0 Å². The van der Waals surface area contributed by atoms with Crippen LogP contribution in [0, 0.1) is 0 Å². The van der Waals surface area contributed by atoms with Crippen LogP contribution in [0.1, 0.15) is 21.5 Å². The Bertz CT molecular complexity index is 910. The third kappa shape index (κ3) is 5.35. The van der Waals surface area contributed by atoms with Crippen LogP contribution in [0.5, 0.6) is 5.75 Å². The van der Waals surface area contributed by atoms with E-state index in [0.717, 1.165) is 22.3 Å². The molecular formula is C23H25ClN2O2. The van der Waals surface area contributed by atoms with Gasteiger partial charge in [0.15, 0.2) is 0 Å². The number of rotatable bonds is 6. The van der Waals surface area contributed by atoms with Gasteiger partial charge >= 0.3 is 0 Å². The Balaban J connectivity index is 0.00000280. The van der Waals surface area contributed by atoms with Crippen molar-refractivity contribution in [3.05, 3.63) is 89.5 Å². The van der Waals surface area contributed by atoms with Crippen molar-refractivity contribution in [1.82, 2.24) is 4.90 Å². The summed E-state index contributed by atoms with van der Waals surface area (Å²) < 4.78 is 5.98. The zero-order valence-corrected chi connectivity index (χ0v) is 16.9. The van der Waals surface area contributed by atoms with Gasteiger partial charge in [-0.05, 0) is 40.5 Å². The number of hydrogen-bond donors (Lipinski definition) is 1. The summed E-state index contributed by atoms with van der Waals surface area (Å²) >= 11 is 0. The van der Waals surface area contributed by atoms with E-state index in [1.807, 2.05) is 66.7 Å². The van der Waals surface area contributed by atoms with E-state index in [0.29, 0.717) is 24.5 Å². The van der Waals surface area contributed by atoms with Gasteiger partial charge in [0.25, 0.3) is 5.91 Å². The van der Waals surface area contributed by atoms with E-state index >= 15 is 0 Å². The number of benzene rings is 3. The Morgan fingerprint density at radius 1 is 0.893 bits per heavy atom. The predicted octanol–water partition coefficient (Wildman–Crippen LogP) is 4.51. The molecule has 0 bridgehead atoms. The fourth-order valence-electron chi connectivity index (χ4n) is 2.80. The molecule has 0 saturated carbocycles. The Hall–Kier alpha value is -2.82. The van der Waals surface area contributed by atoms with Gasteiger partial charge < -0.3 is 15.4 Å². The van der Waals surface area contributed by atoms with Crippen LogP contribution in [0.15, 0.2) is 72.8 Å². The predicted molar refractivity (Wildman–Crippen MR) is 116 cm³/mol. The molecule has 0 atom stereocenters. The minimum absolute atomic E-state index is 0. The molecule has 0 spiro atoms. The summed E-state index contributed by atoms with van der Waals surface area (Å²) in [5.74, 6) is 0.615. The van der Waals surface area contributed by atoms with Crippen LogP contribution in [0.2, 0.25) is 0 Å². The van der Waals surface area contributed by atoms with Crippen molar-refractivity contribution in [3.8, 4) is 16.9 Å². The van der Waals surface area contributed by atoms with Crippen molar-refractivity contribution in [2.75, 3.05) is 14.1 Å². The molecule has 0 saturated heterocycles. The quantitative estimate of drug-likeness (QED) is 0.666. The standard InChI is InChI=1S/C23H24N2O2.ClH/c1-25(2)23(26)21-12-20(19-10-8-17(15-24)9-11-19)13-22(14-21)27-16-18-6-4-3-5-7-18;/h3-14H,15-16,24H2,1-2H3;1H. The minimum atomic E-state index is -0.0556. The summed E-state index contributed by atoms with van der Waals surface area (Å²) in [4.78, 5) is 14.1. The fraction of sp³-hybridized carbons (Fsp3) is 0.174. The van der Waals surface area contributed by atoms with E-state index in [4.69, 9.17) is 10.5 Å². The van der Waals surface area contributed by atoms with Gasteiger partial charge in [-0.3, -0.25) is 4.79 Å². The zero-order chi connectivity index (χ0) is 19.2. The minimum Gasteiger partial charge on any atom is -0.489 e. The molecule has 2 N–H and O–H groups in total. The molecule has 0 aliphatic rings. The molecule has 0 aliphatic heterocycles. The maximum absolute atomic E-state index is 12.5. The number of hydrogen-bond acceptors (Lipinski definition) is 3. The molecule has 0 aliphatic carbocycles. The van der Waals surface area contributed by atoms with Crippen molar-refractivity contribution in [2.24, 2.45) is 5.73 Å². The first kappa shape index (κ1) is 21.5. The Kier molecular flexibility index (Phi) is 7.61. The molecule has 3 rings (SSSR count). The van der Waals surface area contributed by atoms with Gasteiger partial charge in [0.05, 0.1) is 0 Å². The maximum atomic E-state index is 12.5. The molecule has 0 unspecified atom stereocenters. The van der Waals surface area contributed by atoms with Crippen molar-refractivity contribution < 1.29 is 9.53 Å². The lowest BCUT2D eigenvalue weighted by Crippen LogP contribution is -2.21. The van der Waals surface area contributed by atoms with Crippen molar-refractivity contribution >= 4 is 18.3 Å². The molecule has 1 amide bonds. The lowest BCUT2D eigenvalue weighted by molar-refractivity contribution is 0.0827. The van der Waals surface area contributed by atoms with Gasteiger partial charge in [-0.1, -0.05) is 54.6 Å². The average molecular weight is 397 g/mol. The first-order valence-corrected chi connectivity index (χ1v) is 8.89. The molecular weight excluding hydrogens is 372 g/mol. The number of carbonyl (C=O) groups is 1. The second kappa shape index (κ2) is 9.93. The molecule has 3 aromatic carbocycles. The summed E-state index contributed by atoms with van der Waals surface area (Å²) in [6, 6.07) is 23.7. The lowest BCUT2D eigenvalue weighted by Gasteiger charge is -2.15. The normalized spacial score (nSPS) is 10.1. The van der Waals surface area contributed by atoms with E-state index in [9.17, 15) is 4.79 Å². The monoisotopic (exact) mass is 396 g/mol. The molecule has 4 nitrogen and oxygen atoms in total. The van der Waals surface area contributed by atoms with E-state index in [-0.39, 0.29) is 18.3 Å². The van der Waals surface area contributed by atoms with Crippen LogP contribution >= 0.6 is 12.4 Å². The molecule has 0 radical (unpaired) electrons. The number of amides is 1. The highest BCUT2D eigenvalue weighted by Crippen LogP contribution is 2.27. The average Bonchev–Trinajstić information content (AvgIpc) is 2.72. The lowest BCUT2D eigenvalue weighted by atomic mass is 10.0. The van der Waals surface area contributed by atoms with E-state index in [1.165, 1.54) is 0 Å². The molecule has 146 valence electrons. The highest BCUT2D eigenvalue weighted by atomic mass is 35.5. The van der Waals surface area contributed by atoms with Gasteiger partial charge in [-0.2, -0.15) is 0 Å². The summed E-state index contributed by atoms with van der Waals surface area (Å²) in [5.41, 5.74) is 10.4. The second-order valence-corrected chi connectivity index (χ2v) is 6.62. The van der Waals surface area contributed by atoms with E-state index in [2.05, 4.69) is 0 Å². The Morgan fingerprint density at radius 2 is 1.57 bits per heavy atom. The molecule has 0 heterocycles. The van der Waals surface area contributed by atoms with Crippen LogP contribution in [0.3, 0.4) is 0 Å². The maximum Gasteiger partial charge on any atom is 0.253 e. The third-order valence-corrected chi connectivity index (χ3v) is 4.33. The summed E-state index contributed by atoms with van der Waals surface area (Å²) in [7, 11) is 3.49. The molecule has 0 fully saturated rings. The highest BCUT2D eigenvalue weighted by molar-refractivity contribution is 5.95. The third-order valence-electron chi connectivity index (χ3n) is 4.33. The van der Waals surface area contributed by atoms with Crippen LogP contribution in [-0.4, -0.2) is 24.9 Å². The molecule has 3 aromatic rings. The SMILES string of the molecule is CN(C)C(=O)c1cc(OCc2ccccc2)cc(-c2ccc(CN)cc2)c1.Cl. The van der Waals surface area contributed by atoms with Crippen molar-refractivity contribution in [3.63, 3.8) is 0 Å². The van der Waals surface area contributed by atoms with Gasteiger partial charge in [-0.25, -0.2) is 0 Å². The number of ether oxygens (including phenoxy) is 1. The van der Waals surface area contributed by atoms with E-state index in [1.54, 1.807) is 25.1 Å². The highest BCUT2D eigenvalue weighted by Gasteiger charge is 2.12. The van der Waals surface area contributed by atoms with Gasteiger partial charge in [0.1, 0.15) is 12.4 Å². The topological polar surface area (TPSA) is 55.6 Å². The van der Waals surface area contributed by atoms with Crippen molar-refractivity contribution in [1.29, 1.82) is 0 Å². The molecule has 0 aromatic heterocycles. The first-order valence-electron chi connectivity index (χ1n) is 8.89. The van der Waals surface area contributed by atoms with Crippen LogP contribution in [-0.2, 0) is 13.2 Å². The largest absolute Gasteiger partial charge is 0.489 e. The number of carbonyl (C=O) groups excluding carboxylic acids is 1. The van der Waals surface area contributed by atoms with Crippen LogP contribution in [0.25, 0.3) is 11.1 Å². The van der Waals surface area contributed by atoms with Crippen molar-refractivity contribution in [2.45, 2.75) is 13.2 Å². The Morgan fingerprint density at radius 3 is 2.18 bits per heavy atom. The van der Waals surface area contributed by atoms with E-state index < -0.39 is 0 Å².